The molecule has 0 saturated carbocycles. The SMILES string of the molecule is CC(C)CSC(CC(=O)C(C)C)c1ccccn1. The number of thioether (sulfide) groups is 1. The van der Waals surface area contributed by atoms with E-state index in [2.05, 4.69) is 18.8 Å². The van der Waals surface area contributed by atoms with Crippen LogP contribution in [0.15, 0.2) is 24.4 Å². The predicted molar refractivity (Wildman–Crippen MR) is 78.7 cm³/mol. The Labute approximate surface area is 115 Å². The lowest BCUT2D eigenvalue weighted by Crippen LogP contribution is -2.12. The van der Waals surface area contributed by atoms with Gasteiger partial charge in [-0.2, -0.15) is 11.8 Å². The van der Waals surface area contributed by atoms with Crippen molar-refractivity contribution in [2.75, 3.05) is 5.75 Å². The van der Waals surface area contributed by atoms with Gasteiger partial charge in [0, 0.05) is 18.5 Å². The lowest BCUT2D eigenvalue weighted by Gasteiger charge is -2.17. The quantitative estimate of drug-likeness (QED) is 0.742. The topological polar surface area (TPSA) is 30.0 Å². The molecule has 1 heterocycles. The van der Waals surface area contributed by atoms with Crippen LogP contribution < -0.4 is 0 Å². The molecule has 0 amide bonds. The third-order valence-electron chi connectivity index (χ3n) is 2.68. The maximum absolute atomic E-state index is 11.9. The molecule has 1 rings (SSSR count). The summed E-state index contributed by atoms with van der Waals surface area (Å²) in [5, 5.41) is 0.198. The van der Waals surface area contributed by atoms with Crippen molar-refractivity contribution in [1.29, 1.82) is 0 Å². The summed E-state index contributed by atoms with van der Waals surface area (Å²) in [5.41, 5.74) is 1.03. The normalized spacial score (nSPS) is 13.0. The molecule has 0 aliphatic rings. The Morgan fingerprint density at radius 1 is 1.28 bits per heavy atom. The molecule has 2 nitrogen and oxygen atoms in total. The summed E-state index contributed by atoms with van der Waals surface area (Å²) in [6.07, 6.45) is 2.39. The van der Waals surface area contributed by atoms with Gasteiger partial charge in [-0.25, -0.2) is 0 Å². The number of Topliss-reactive ketones (excluding diaryl/α,β-unsaturated/α-hetero) is 1. The molecule has 100 valence electrons. The van der Waals surface area contributed by atoms with Crippen molar-refractivity contribution in [3.63, 3.8) is 0 Å². The number of hydrogen-bond acceptors (Lipinski definition) is 3. The van der Waals surface area contributed by atoms with E-state index in [9.17, 15) is 4.79 Å². The first-order valence-corrected chi connectivity index (χ1v) is 7.60. The second-order valence-electron chi connectivity index (χ2n) is 5.30. The van der Waals surface area contributed by atoms with Gasteiger partial charge in [0.15, 0.2) is 0 Å². The number of aromatic nitrogens is 1. The van der Waals surface area contributed by atoms with E-state index in [1.807, 2.05) is 43.8 Å². The second-order valence-corrected chi connectivity index (χ2v) is 6.53. The Balaban J connectivity index is 2.72. The molecule has 0 spiro atoms. The van der Waals surface area contributed by atoms with Gasteiger partial charge in [0.2, 0.25) is 0 Å². The van der Waals surface area contributed by atoms with Gasteiger partial charge in [-0.15, -0.1) is 0 Å². The molecule has 0 fully saturated rings. The fourth-order valence-corrected chi connectivity index (χ4v) is 2.75. The highest BCUT2D eigenvalue weighted by atomic mass is 32.2. The van der Waals surface area contributed by atoms with E-state index in [-0.39, 0.29) is 11.2 Å². The first kappa shape index (κ1) is 15.2. The number of pyridine rings is 1. The average molecular weight is 265 g/mol. The summed E-state index contributed by atoms with van der Waals surface area (Å²) < 4.78 is 0. The van der Waals surface area contributed by atoms with E-state index in [4.69, 9.17) is 0 Å². The number of rotatable bonds is 7. The van der Waals surface area contributed by atoms with Crippen molar-refractivity contribution in [3.05, 3.63) is 30.1 Å². The van der Waals surface area contributed by atoms with E-state index in [0.29, 0.717) is 18.1 Å². The van der Waals surface area contributed by atoms with Crippen molar-refractivity contribution >= 4 is 17.5 Å². The predicted octanol–water partition coefficient (Wildman–Crippen LogP) is 4.13. The number of nitrogens with zero attached hydrogens (tertiary/aromatic N) is 1. The molecule has 1 atom stereocenters. The molecule has 0 saturated heterocycles. The van der Waals surface area contributed by atoms with Crippen LogP contribution in [0.2, 0.25) is 0 Å². The van der Waals surface area contributed by atoms with E-state index in [1.165, 1.54) is 0 Å². The third-order valence-corrected chi connectivity index (χ3v) is 4.35. The monoisotopic (exact) mass is 265 g/mol. The Morgan fingerprint density at radius 2 is 2.00 bits per heavy atom. The fraction of sp³-hybridized carbons (Fsp3) is 0.600. The first-order valence-electron chi connectivity index (χ1n) is 6.56. The van der Waals surface area contributed by atoms with E-state index in [1.54, 1.807) is 6.20 Å². The van der Waals surface area contributed by atoms with Crippen LogP contribution in [-0.2, 0) is 4.79 Å². The van der Waals surface area contributed by atoms with Crippen LogP contribution in [0.3, 0.4) is 0 Å². The van der Waals surface area contributed by atoms with Crippen LogP contribution in [0.4, 0.5) is 0 Å². The molecule has 0 N–H and O–H groups in total. The molecule has 0 radical (unpaired) electrons. The maximum atomic E-state index is 11.9. The highest BCUT2D eigenvalue weighted by Gasteiger charge is 2.19. The van der Waals surface area contributed by atoms with Gasteiger partial charge in [-0.3, -0.25) is 9.78 Å². The number of hydrogen-bond donors (Lipinski definition) is 0. The zero-order chi connectivity index (χ0) is 13.5. The minimum Gasteiger partial charge on any atom is -0.299 e. The zero-order valence-corrected chi connectivity index (χ0v) is 12.5. The largest absolute Gasteiger partial charge is 0.299 e. The highest BCUT2D eigenvalue weighted by Crippen LogP contribution is 2.33. The second kappa shape index (κ2) is 7.57. The zero-order valence-electron chi connectivity index (χ0n) is 11.7. The van der Waals surface area contributed by atoms with Crippen molar-refractivity contribution in [2.24, 2.45) is 11.8 Å². The summed E-state index contributed by atoms with van der Waals surface area (Å²) in [5.74, 6) is 2.13. The first-order chi connectivity index (χ1) is 8.50. The van der Waals surface area contributed by atoms with Gasteiger partial charge in [0.1, 0.15) is 5.78 Å². The van der Waals surface area contributed by atoms with Gasteiger partial charge < -0.3 is 0 Å². The summed E-state index contributed by atoms with van der Waals surface area (Å²) in [7, 11) is 0. The Hall–Kier alpha value is -0.830. The average Bonchev–Trinajstić information content (AvgIpc) is 2.34. The fourth-order valence-electron chi connectivity index (χ4n) is 1.54. The standard InChI is InChI=1S/C15H23NOS/c1-11(2)10-18-15(9-14(17)12(3)4)13-7-5-6-8-16-13/h5-8,11-12,15H,9-10H2,1-4H3. The molecule has 3 heteroatoms. The maximum Gasteiger partial charge on any atom is 0.136 e. The van der Waals surface area contributed by atoms with Gasteiger partial charge in [-0.1, -0.05) is 33.8 Å². The minimum atomic E-state index is 0.107. The summed E-state index contributed by atoms with van der Waals surface area (Å²) >= 11 is 1.85. The van der Waals surface area contributed by atoms with E-state index >= 15 is 0 Å². The lowest BCUT2D eigenvalue weighted by molar-refractivity contribution is -0.121. The Morgan fingerprint density at radius 3 is 2.50 bits per heavy atom. The van der Waals surface area contributed by atoms with Crippen molar-refractivity contribution in [3.8, 4) is 0 Å². The van der Waals surface area contributed by atoms with Crippen LogP contribution in [-0.4, -0.2) is 16.5 Å². The third kappa shape index (κ3) is 5.21. The molecule has 1 aromatic heterocycles. The Bertz CT molecular complexity index is 362. The molecule has 18 heavy (non-hydrogen) atoms. The number of ketones is 1. The van der Waals surface area contributed by atoms with Gasteiger partial charge in [0.25, 0.3) is 0 Å². The molecule has 0 aliphatic carbocycles. The Kier molecular flexibility index (Phi) is 6.41. The summed E-state index contributed by atoms with van der Waals surface area (Å²) in [6.45, 7) is 8.33. The molecule has 0 aromatic carbocycles. The van der Waals surface area contributed by atoms with Gasteiger partial charge in [-0.05, 0) is 23.8 Å². The molecule has 1 unspecified atom stereocenters. The minimum absolute atomic E-state index is 0.107. The number of carbonyl (C=O) groups excluding carboxylic acids is 1. The number of carbonyl (C=O) groups is 1. The lowest BCUT2D eigenvalue weighted by atomic mass is 10.0. The van der Waals surface area contributed by atoms with E-state index < -0.39 is 0 Å². The van der Waals surface area contributed by atoms with Crippen LogP contribution >= 0.6 is 11.8 Å². The van der Waals surface area contributed by atoms with Crippen LogP contribution in [0, 0.1) is 11.8 Å². The molecule has 1 aromatic rings. The molecule has 0 bridgehead atoms. The smallest absolute Gasteiger partial charge is 0.136 e. The van der Waals surface area contributed by atoms with Crippen LogP contribution in [0.5, 0.6) is 0 Å². The van der Waals surface area contributed by atoms with Crippen molar-refractivity contribution in [1.82, 2.24) is 4.98 Å². The van der Waals surface area contributed by atoms with E-state index in [0.717, 1.165) is 11.4 Å². The summed E-state index contributed by atoms with van der Waals surface area (Å²) in [4.78, 5) is 16.3. The molecular formula is C15H23NOS. The molecular weight excluding hydrogens is 242 g/mol. The highest BCUT2D eigenvalue weighted by molar-refractivity contribution is 7.99. The summed E-state index contributed by atoms with van der Waals surface area (Å²) in [6, 6.07) is 5.93. The van der Waals surface area contributed by atoms with Gasteiger partial charge in [0.05, 0.1) is 10.9 Å². The van der Waals surface area contributed by atoms with Crippen LogP contribution in [0.1, 0.15) is 45.1 Å². The molecule has 0 aliphatic heterocycles. The van der Waals surface area contributed by atoms with Gasteiger partial charge >= 0.3 is 0 Å². The van der Waals surface area contributed by atoms with Crippen molar-refractivity contribution in [2.45, 2.75) is 39.4 Å². The van der Waals surface area contributed by atoms with Crippen molar-refractivity contribution < 1.29 is 4.79 Å². The van der Waals surface area contributed by atoms with Crippen LogP contribution in [0.25, 0.3) is 0 Å².